The molecule has 0 unspecified atom stereocenters. The van der Waals surface area contributed by atoms with Crippen molar-refractivity contribution in [2.45, 2.75) is 0 Å². The Labute approximate surface area is 45.4 Å². The largest absolute Gasteiger partial charge is 0.307 e. The van der Waals surface area contributed by atoms with Crippen LogP contribution in [0.4, 0.5) is 0 Å². The minimum absolute atomic E-state index is 0. The van der Waals surface area contributed by atoms with E-state index >= 15 is 0 Å². The number of hydrogen-bond acceptors (Lipinski definition) is 2. The predicted molar refractivity (Wildman–Crippen MR) is 14.2 cm³/mol. The van der Waals surface area contributed by atoms with Gasteiger partial charge in [-0.05, 0) is 0 Å². The molecular weight excluding hydrogens is 104 g/mol. The van der Waals surface area contributed by atoms with Gasteiger partial charge in [0, 0.05) is 21.7 Å². The van der Waals surface area contributed by atoms with Crippen molar-refractivity contribution in [3.8, 4) is 0 Å². The first-order valence-corrected chi connectivity index (χ1v) is 0.577. The Morgan fingerprint density at radius 2 is 0.800 bits per heavy atom. The molecule has 5 heavy (non-hydrogen) atoms. The third-order valence-electron chi connectivity index (χ3n) is 0. The quantitative estimate of drug-likeness (QED) is 0.396. The second kappa shape index (κ2) is 12800. The van der Waals surface area contributed by atoms with Gasteiger partial charge in [0.2, 0.25) is 0 Å². The van der Waals surface area contributed by atoms with Crippen LogP contribution in [0.15, 0.2) is 0 Å². The van der Waals surface area contributed by atoms with Gasteiger partial charge in [-0.1, -0.05) is 0 Å². The van der Waals surface area contributed by atoms with Gasteiger partial charge in [0.25, 0.3) is 0 Å². The van der Waals surface area contributed by atoms with Gasteiger partial charge in [0.05, 0.1) is 0 Å². The second-order valence-electron chi connectivity index (χ2n) is 0. The number of carbonyl (C=O) groups is 2. The molecule has 0 aromatic rings. The van der Waals surface area contributed by atoms with E-state index in [0.29, 0.717) is 0 Å². The van der Waals surface area contributed by atoms with Crippen LogP contribution in [-0.4, -0.2) is 13.6 Å². The Bertz CT molecular complexity index is 9.61. The molecule has 0 aromatic heterocycles. The van der Waals surface area contributed by atoms with Gasteiger partial charge in [-0.2, -0.15) is 0 Å². The molecule has 0 saturated heterocycles. The summed E-state index contributed by atoms with van der Waals surface area (Å²) in [5, 5.41) is 0. The third kappa shape index (κ3) is 5810. The van der Waals surface area contributed by atoms with Crippen molar-refractivity contribution in [3.05, 3.63) is 0 Å². The van der Waals surface area contributed by atoms with Crippen molar-refractivity contribution in [1.29, 1.82) is 0 Å². The van der Waals surface area contributed by atoms with Crippen LogP contribution in [0.2, 0.25) is 0 Å². The molecule has 28 valence electrons. The molecule has 0 N–H and O–H groups in total. The van der Waals surface area contributed by atoms with Crippen LogP contribution in [-0.2, 0) is 31.3 Å². The number of hydrogen-bond donors (Lipinski definition) is 0. The van der Waals surface area contributed by atoms with Gasteiger partial charge in [0.15, 0.2) is 0 Å². The zero-order chi connectivity index (χ0) is 4.00. The maximum atomic E-state index is 8.00. The van der Waals surface area contributed by atoms with Gasteiger partial charge >= 0.3 is 0 Å². The van der Waals surface area contributed by atoms with E-state index in [9.17, 15) is 0 Å². The van der Waals surface area contributed by atoms with E-state index in [1.807, 2.05) is 13.6 Å². The average Bonchev–Trinajstić information content (AvgIpc) is 1.50. The molecule has 0 aliphatic carbocycles. The summed E-state index contributed by atoms with van der Waals surface area (Å²) < 4.78 is 0. The number of rotatable bonds is 0. The Morgan fingerprint density at radius 3 is 0.800 bits per heavy atom. The Balaban J connectivity index is -0.0000000133. The Kier molecular flexibility index (Phi) is 50500. The van der Waals surface area contributed by atoms with Crippen LogP contribution in [0.25, 0.3) is 0 Å². The van der Waals surface area contributed by atoms with Crippen molar-refractivity contribution in [2.75, 3.05) is 0 Å². The molecule has 0 aliphatic heterocycles. The van der Waals surface area contributed by atoms with E-state index in [1.165, 1.54) is 0 Å². The molecule has 0 aromatic carbocycles. The summed E-state index contributed by atoms with van der Waals surface area (Å²) >= 11 is 0. The average molecular weight is 108 g/mol. The molecule has 0 aliphatic rings. The maximum absolute atomic E-state index is 8.00. The Morgan fingerprint density at radius 1 is 0.800 bits per heavy atom. The summed E-state index contributed by atoms with van der Waals surface area (Å²) in [7, 11) is 0. The van der Waals surface area contributed by atoms with Gasteiger partial charge in [-0.3, -0.25) is 0 Å². The zero-order valence-corrected chi connectivity index (χ0v) is 4.29. The van der Waals surface area contributed by atoms with Crippen LogP contribution < -0.4 is 0 Å². The first-order chi connectivity index (χ1) is 2.00. The van der Waals surface area contributed by atoms with E-state index in [1.54, 1.807) is 0 Å². The van der Waals surface area contributed by atoms with E-state index in [-0.39, 0.29) is 21.7 Å². The fraction of sp³-hybridized carbons (Fsp3) is 0. The van der Waals surface area contributed by atoms with Gasteiger partial charge in [-0.25, -0.2) is 0 Å². The molecule has 0 amide bonds. The molecular formula is C2H4O2Ti. The molecule has 3 heteroatoms. The summed E-state index contributed by atoms with van der Waals surface area (Å²) in [5.41, 5.74) is 0. The van der Waals surface area contributed by atoms with Crippen molar-refractivity contribution >= 4 is 13.6 Å². The van der Waals surface area contributed by atoms with E-state index < -0.39 is 0 Å². The minimum Gasteiger partial charge on any atom is -0.307 e. The predicted octanol–water partition coefficient (Wildman–Crippen LogP) is -0.372. The molecule has 0 fully saturated rings. The normalized spacial score (nSPS) is 1.60. The van der Waals surface area contributed by atoms with E-state index in [0.717, 1.165) is 0 Å². The summed E-state index contributed by atoms with van der Waals surface area (Å²) in [6, 6.07) is 0. The topological polar surface area (TPSA) is 34.1 Å². The van der Waals surface area contributed by atoms with Crippen LogP contribution >= 0.6 is 0 Å². The van der Waals surface area contributed by atoms with Crippen LogP contribution in [0, 0.1) is 0 Å². The van der Waals surface area contributed by atoms with Crippen molar-refractivity contribution < 1.29 is 31.3 Å². The third-order valence-corrected chi connectivity index (χ3v) is 0. The van der Waals surface area contributed by atoms with Gasteiger partial charge < -0.3 is 9.59 Å². The van der Waals surface area contributed by atoms with Crippen LogP contribution in [0.3, 0.4) is 0 Å². The number of carbonyl (C=O) groups excluding carboxylic acids is 2. The summed E-state index contributed by atoms with van der Waals surface area (Å²) in [5.74, 6) is 0. The smallest absolute Gasteiger partial charge is 0.106 e. The van der Waals surface area contributed by atoms with Crippen molar-refractivity contribution in [2.24, 2.45) is 0 Å². The molecule has 0 bridgehead atoms. The standard InChI is InChI=1S/2CH2O.Ti/c2*1-2;/h2*1H2;. The molecule has 0 radical (unpaired) electrons. The monoisotopic (exact) mass is 108 g/mol. The maximum Gasteiger partial charge on any atom is 0.106 e. The first kappa shape index (κ1) is 19.7. The van der Waals surface area contributed by atoms with Crippen molar-refractivity contribution in [3.63, 3.8) is 0 Å². The Hall–Kier alpha value is 0.0543. The SMILES string of the molecule is C=O.C=O.[Ti]. The molecule has 0 heterocycles. The molecule has 0 spiro atoms. The van der Waals surface area contributed by atoms with Crippen molar-refractivity contribution in [1.82, 2.24) is 0 Å². The fourth-order valence-corrected chi connectivity index (χ4v) is 0. The van der Waals surface area contributed by atoms with Gasteiger partial charge in [-0.15, -0.1) is 0 Å². The summed E-state index contributed by atoms with van der Waals surface area (Å²) in [4.78, 5) is 16.0. The van der Waals surface area contributed by atoms with E-state index in [2.05, 4.69) is 0 Å². The second-order valence-corrected chi connectivity index (χ2v) is 0. The molecule has 2 nitrogen and oxygen atoms in total. The fourth-order valence-electron chi connectivity index (χ4n) is 0. The van der Waals surface area contributed by atoms with Gasteiger partial charge in [0.1, 0.15) is 13.6 Å². The summed E-state index contributed by atoms with van der Waals surface area (Å²) in [6.45, 7) is 4.00. The first-order valence-electron chi connectivity index (χ1n) is 0.577. The molecule has 0 saturated carbocycles. The van der Waals surface area contributed by atoms with Crippen LogP contribution in [0.1, 0.15) is 0 Å². The van der Waals surface area contributed by atoms with E-state index in [4.69, 9.17) is 9.59 Å². The minimum atomic E-state index is 0. The summed E-state index contributed by atoms with van der Waals surface area (Å²) in [6.07, 6.45) is 0. The molecule has 0 atom stereocenters. The molecule has 0 rings (SSSR count). The van der Waals surface area contributed by atoms with Crippen LogP contribution in [0.5, 0.6) is 0 Å². The zero-order valence-electron chi connectivity index (χ0n) is 2.73.